The maximum absolute atomic E-state index is 4.41. The van der Waals surface area contributed by atoms with E-state index in [2.05, 4.69) is 36.1 Å². The van der Waals surface area contributed by atoms with Crippen molar-refractivity contribution in [1.82, 2.24) is 15.0 Å². The number of rotatable bonds is 6. The summed E-state index contributed by atoms with van der Waals surface area (Å²) >= 11 is 0. The average molecular weight is 277 g/mol. The summed E-state index contributed by atoms with van der Waals surface area (Å²) in [6, 6.07) is 0. The Labute approximate surface area is 119 Å². The normalized spacial score (nSPS) is 14.8. The lowest BCUT2D eigenvalue weighted by molar-refractivity contribution is 0.665. The Morgan fingerprint density at radius 1 is 0.850 bits per heavy atom. The van der Waals surface area contributed by atoms with Gasteiger partial charge in [-0.25, -0.2) is 5.43 Å². The molecule has 0 amide bonds. The molecule has 1 fully saturated rings. The van der Waals surface area contributed by atoms with Crippen molar-refractivity contribution in [2.75, 3.05) is 29.1 Å². The van der Waals surface area contributed by atoms with Crippen LogP contribution in [0.15, 0.2) is 5.10 Å². The molecule has 1 heterocycles. The molecule has 0 spiro atoms. The average Bonchev–Trinajstić information content (AvgIpc) is 2.47. The molecule has 0 atom stereocenters. The smallest absolute Gasteiger partial charge is 0.250 e. The van der Waals surface area contributed by atoms with Crippen LogP contribution in [0.4, 0.5) is 17.8 Å². The van der Waals surface area contributed by atoms with Crippen LogP contribution >= 0.6 is 0 Å². The lowest BCUT2D eigenvalue weighted by Gasteiger charge is -2.12. The van der Waals surface area contributed by atoms with E-state index >= 15 is 0 Å². The van der Waals surface area contributed by atoms with Crippen molar-refractivity contribution in [1.29, 1.82) is 0 Å². The summed E-state index contributed by atoms with van der Waals surface area (Å²) in [7, 11) is 0. The Morgan fingerprint density at radius 2 is 1.40 bits per heavy atom. The lowest BCUT2D eigenvalue weighted by Crippen LogP contribution is -2.12. The third kappa shape index (κ3) is 4.32. The molecule has 1 aromatic rings. The Morgan fingerprint density at radius 3 is 1.95 bits per heavy atom. The number of aromatic nitrogens is 3. The standard InChI is InChI=1S/C13H23N7/c1-3-14-11-16-12(15-4-2)18-13(17-11)20-19-10-8-6-5-7-9-10/h3-9H2,1-2H3,(H3,14,15,16,17,18,20). The predicted molar refractivity (Wildman–Crippen MR) is 82.3 cm³/mol. The first-order chi connectivity index (χ1) is 9.81. The van der Waals surface area contributed by atoms with Crippen LogP contribution in [0.1, 0.15) is 46.0 Å². The summed E-state index contributed by atoms with van der Waals surface area (Å²) < 4.78 is 0. The van der Waals surface area contributed by atoms with E-state index in [1.54, 1.807) is 0 Å². The number of hydrazone groups is 1. The van der Waals surface area contributed by atoms with Crippen LogP contribution in [0.5, 0.6) is 0 Å². The van der Waals surface area contributed by atoms with Crippen molar-refractivity contribution >= 4 is 23.6 Å². The van der Waals surface area contributed by atoms with Gasteiger partial charge in [0, 0.05) is 18.8 Å². The molecule has 3 N–H and O–H groups in total. The van der Waals surface area contributed by atoms with E-state index in [-0.39, 0.29) is 0 Å². The van der Waals surface area contributed by atoms with Gasteiger partial charge in [0.1, 0.15) is 0 Å². The van der Waals surface area contributed by atoms with Crippen LogP contribution < -0.4 is 16.1 Å². The fraction of sp³-hybridized carbons (Fsp3) is 0.692. The molecular formula is C13H23N7. The highest BCUT2D eigenvalue weighted by Crippen LogP contribution is 2.15. The minimum atomic E-state index is 0.477. The number of nitrogens with zero attached hydrogens (tertiary/aromatic N) is 4. The van der Waals surface area contributed by atoms with E-state index in [1.807, 2.05) is 13.8 Å². The van der Waals surface area contributed by atoms with Crippen molar-refractivity contribution in [2.24, 2.45) is 5.10 Å². The summed E-state index contributed by atoms with van der Waals surface area (Å²) in [5, 5.41) is 10.6. The second-order valence-corrected chi connectivity index (χ2v) is 4.72. The van der Waals surface area contributed by atoms with E-state index in [0.717, 1.165) is 25.9 Å². The zero-order valence-corrected chi connectivity index (χ0v) is 12.2. The van der Waals surface area contributed by atoms with Gasteiger partial charge in [0.2, 0.25) is 17.8 Å². The fourth-order valence-corrected chi connectivity index (χ4v) is 2.10. The van der Waals surface area contributed by atoms with Crippen LogP contribution in [0.2, 0.25) is 0 Å². The molecule has 7 heteroatoms. The first-order valence-corrected chi connectivity index (χ1v) is 7.37. The first kappa shape index (κ1) is 14.5. The van der Waals surface area contributed by atoms with Crippen molar-refractivity contribution in [2.45, 2.75) is 46.0 Å². The summed E-state index contributed by atoms with van der Waals surface area (Å²) in [6.45, 7) is 5.55. The van der Waals surface area contributed by atoms with Gasteiger partial charge in [-0.3, -0.25) is 0 Å². The Bertz CT molecular complexity index is 426. The van der Waals surface area contributed by atoms with Gasteiger partial charge in [0.05, 0.1) is 0 Å². The molecule has 1 aromatic heterocycles. The second kappa shape index (κ2) is 7.62. The van der Waals surface area contributed by atoms with E-state index < -0.39 is 0 Å². The van der Waals surface area contributed by atoms with Gasteiger partial charge in [-0.05, 0) is 39.5 Å². The maximum Gasteiger partial charge on any atom is 0.250 e. The topological polar surface area (TPSA) is 87.1 Å². The molecule has 1 aliphatic carbocycles. The van der Waals surface area contributed by atoms with Gasteiger partial charge in [0.15, 0.2) is 0 Å². The molecule has 110 valence electrons. The van der Waals surface area contributed by atoms with Crippen molar-refractivity contribution in [3.8, 4) is 0 Å². The fourth-order valence-electron chi connectivity index (χ4n) is 2.10. The van der Waals surface area contributed by atoms with Gasteiger partial charge in [0.25, 0.3) is 0 Å². The Balaban J connectivity index is 2.08. The molecule has 0 aromatic carbocycles. The van der Waals surface area contributed by atoms with Crippen molar-refractivity contribution in [3.05, 3.63) is 0 Å². The number of hydrogen-bond acceptors (Lipinski definition) is 7. The molecule has 20 heavy (non-hydrogen) atoms. The maximum atomic E-state index is 4.41. The van der Waals surface area contributed by atoms with E-state index in [4.69, 9.17) is 0 Å². The highest BCUT2D eigenvalue weighted by molar-refractivity contribution is 5.85. The summed E-state index contributed by atoms with van der Waals surface area (Å²) in [5.41, 5.74) is 4.16. The molecule has 2 rings (SSSR count). The summed E-state index contributed by atoms with van der Waals surface area (Å²) in [5.74, 6) is 1.60. The van der Waals surface area contributed by atoms with Gasteiger partial charge in [-0.15, -0.1) is 0 Å². The highest BCUT2D eigenvalue weighted by atomic mass is 15.4. The number of anilines is 3. The third-order valence-electron chi connectivity index (χ3n) is 3.05. The van der Waals surface area contributed by atoms with Gasteiger partial charge in [-0.1, -0.05) is 6.42 Å². The van der Waals surface area contributed by atoms with Gasteiger partial charge < -0.3 is 10.6 Å². The monoisotopic (exact) mass is 277 g/mol. The van der Waals surface area contributed by atoms with Crippen LogP contribution in [0.3, 0.4) is 0 Å². The highest BCUT2D eigenvalue weighted by Gasteiger charge is 2.08. The van der Waals surface area contributed by atoms with Crippen LogP contribution in [0.25, 0.3) is 0 Å². The minimum absolute atomic E-state index is 0.477. The number of nitrogens with one attached hydrogen (secondary N) is 3. The van der Waals surface area contributed by atoms with Gasteiger partial charge in [-0.2, -0.15) is 20.1 Å². The quantitative estimate of drug-likeness (QED) is 0.692. The minimum Gasteiger partial charge on any atom is -0.354 e. The largest absolute Gasteiger partial charge is 0.354 e. The summed E-state index contributed by atoms with van der Waals surface area (Å²) in [6.07, 6.45) is 5.89. The van der Waals surface area contributed by atoms with Gasteiger partial charge >= 0.3 is 0 Å². The molecule has 0 radical (unpaired) electrons. The second-order valence-electron chi connectivity index (χ2n) is 4.72. The van der Waals surface area contributed by atoms with Crippen LogP contribution in [-0.4, -0.2) is 33.8 Å². The molecule has 0 aliphatic heterocycles. The Hall–Kier alpha value is -1.92. The molecule has 7 nitrogen and oxygen atoms in total. The molecule has 1 saturated carbocycles. The number of hydrogen-bond donors (Lipinski definition) is 3. The zero-order valence-electron chi connectivity index (χ0n) is 12.2. The molecule has 0 unspecified atom stereocenters. The van der Waals surface area contributed by atoms with Crippen molar-refractivity contribution < 1.29 is 0 Å². The predicted octanol–water partition coefficient (Wildman–Crippen LogP) is 2.47. The molecular weight excluding hydrogens is 254 g/mol. The molecule has 0 bridgehead atoms. The summed E-state index contributed by atoms with van der Waals surface area (Å²) in [4.78, 5) is 12.9. The first-order valence-electron chi connectivity index (χ1n) is 7.37. The van der Waals surface area contributed by atoms with Crippen molar-refractivity contribution in [3.63, 3.8) is 0 Å². The third-order valence-corrected chi connectivity index (χ3v) is 3.05. The van der Waals surface area contributed by atoms with E-state index in [1.165, 1.54) is 25.0 Å². The van der Waals surface area contributed by atoms with E-state index in [0.29, 0.717) is 17.8 Å². The Kier molecular flexibility index (Phi) is 5.52. The SMILES string of the molecule is CCNc1nc(NCC)nc(NN=C2CCCCC2)n1. The van der Waals surface area contributed by atoms with Crippen LogP contribution in [-0.2, 0) is 0 Å². The van der Waals surface area contributed by atoms with E-state index in [9.17, 15) is 0 Å². The van der Waals surface area contributed by atoms with Crippen LogP contribution in [0, 0.1) is 0 Å². The lowest BCUT2D eigenvalue weighted by atomic mass is 9.99. The molecule has 0 saturated heterocycles. The molecule has 1 aliphatic rings. The zero-order chi connectivity index (χ0) is 14.2.